The summed E-state index contributed by atoms with van der Waals surface area (Å²) in [5.74, 6) is 1.33. The molecule has 1 aliphatic heterocycles. The Kier molecular flexibility index (Phi) is 4.96. The topological polar surface area (TPSA) is 98.8 Å². The fourth-order valence-corrected chi connectivity index (χ4v) is 3.66. The summed E-state index contributed by atoms with van der Waals surface area (Å²) in [5.41, 5.74) is 1.24. The standard InChI is InChI=1S/C20H23N7O2/c1-13(2)18-20-22-19(15-5-4-8-21-11-15)24-26(20)10-9-25(18)17(29)12-27-16(28)7-6-14(3)23-27/h4-8,11,13,18H,9-10,12H2,1-3H3/t18-/m1/s1. The van der Waals surface area contributed by atoms with Crippen molar-refractivity contribution in [3.05, 3.63) is 58.5 Å². The van der Waals surface area contributed by atoms with Gasteiger partial charge in [-0.05, 0) is 31.0 Å². The molecule has 0 aliphatic carbocycles. The van der Waals surface area contributed by atoms with Gasteiger partial charge in [-0.25, -0.2) is 14.3 Å². The first-order valence-corrected chi connectivity index (χ1v) is 9.63. The number of pyridine rings is 1. The minimum absolute atomic E-state index is 0.0899. The second kappa shape index (κ2) is 7.57. The molecule has 1 aliphatic rings. The first-order chi connectivity index (χ1) is 13.9. The molecule has 29 heavy (non-hydrogen) atoms. The van der Waals surface area contributed by atoms with Gasteiger partial charge in [0.2, 0.25) is 5.91 Å². The number of aromatic nitrogens is 6. The Morgan fingerprint density at radius 1 is 1.21 bits per heavy atom. The molecule has 3 aromatic heterocycles. The molecule has 0 saturated carbocycles. The van der Waals surface area contributed by atoms with Crippen LogP contribution in [-0.2, 0) is 17.9 Å². The van der Waals surface area contributed by atoms with Gasteiger partial charge in [-0.2, -0.15) is 10.2 Å². The summed E-state index contributed by atoms with van der Waals surface area (Å²) in [6.45, 7) is 6.86. The summed E-state index contributed by atoms with van der Waals surface area (Å²) in [6.07, 6.45) is 3.43. The number of hydrogen-bond acceptors (Lipinski definition) is 6. The van der Waals surface area contributed by atoms with Crippen molar-refractivity contribution >= 4 is 5.91 Å². The number of aryl methyl sites for hydroxylation is 1. The predicted molar refractivity (Wildman–Crippen MR) is 106 cm³/mol. The molecule has 9 heteroatoms. The van der Waals surface area contributed by atoms with Gasteiger partial charge in [0.05, 0.1) is 18.3 Å². The number of amides is 1. The quantitative estimate of drug-likeness (QED) is 0.665. The molecule has 0 saturated heterocycles. The fourth-order valence-electron chi connectivity index (χ4n) is 3.66. The molecule has 9 nitrogen and oxygen atoms in total. The van der Waals surface area contributed by atoms with Crippen LogP contribution in [0.25, 0.3) is 11.4 Å². The number of carbonyl (C=O) groups excluding carboxylic acids is 1. The van der Waals surface area contributed by atoms with Gasteiger partial charge in [0.25, 0.3) is 5.56 Å². The minimum Gasteiger partial charge on any atom is -0.329 e. The van der Waals surface area contributed by atoms with Gasteiger partial charge < -0.3 is 4.90 Å². The van der Waals surface area contributed by atoms with Crippen LogP contribution in [0.2, 0.25) is 0 Å². The number of hydrogen-bond donors (Lipinski definition) is 0. The maximum absolute atomic E-state index is 13.1. The van der Waals surface area contributed by atoms with Gasteiger partial charge in [-0.1, -0.05) is 13.8 Å². The molecule has 3 aromatic rings. The zero-order chi connectivity index (χ0) is 20.5. The Labute approximate surface area is 168 Å². The van der Waals surface area contributed by atoms with E-state index in [1.54, 1.807) is 30.3 Å². The monoisotopic (exact) mass is 393 g/mol. The lowest BCUT2D eigenvalue weighted by atomic mass is 9.99. The van der Waals surface area contributed by atoms with E-state index in [9.17, 15) is 9.59 Å². The van der Waals surface area contributed by atoms with E-state index >= 15 is 0 Å². The molecule has 0 unspecified atom stereocenters. The van der Waals surface area contributed by atoms with Gasteiger partial charge in [-0.3, -0.25) is 14.6 Å². The summed E-state index contributed by atoms with van der Waals surface area (Å²) in [7, 11) is 0. The second-order valence-electron chi connectivity index (χ2n) is 7.51. The molecule has 0 bridgehead atoms. The van der Waals surface area contributed by atoms with E-state index in [2.05, 4.69) is 29.0 Å². The van der Waals surface area contributed by atoms with Crippen molar-refractivity contribution in [2.45, 2.75) is 39.9 Å². The molecular formula is C20H23N7O2. The number of nitrogens with zero attached hydrogens (tertiary/aromatic N) is 7. The van der Waals surface area contributed by atoms with Crippen LogP contribution in [0.3, 0.4) is 0 Å². The highest BCUT2D eigenvalue weighted by Gasteiger charge is 2.36. The maximum atomic E-state index is 13.1. The van der Waals surface area contributed by atoms with Gasteiger partial charge in [0, 0.05) is 30.6 Å². The number of fused-ring (bicyclic) bond motifs is 1. The van der Waals surface area contributed by atoms with Crippen molar-refractivity contribution < 1.29 is 4.79 Å². The fraction of sp³-hybridized carbons (Fsp3) is 0.400. The smallest absolute Gasteiger partial charge is 0.267 e. The van der Waals surface area contributed by atoms with E-state index in [1.807, 2.05) is 16.8 Å². The molecule has 150 valence electrons. The van der Waals surface area contributed by atoms with Crippen LogP contribution < -0.4 is 5.56 Å². The van der Waals surface area contributed by atoms with Crippen molar-refractivity contribution in [1.29, 1.82) is 0 Å². The van der Waals surface area contributed by atoms with Crippen molar-refractivity contribution in [2.75, 3.05) is 6.54 Å². The Bertz CT molecular complexity index is 1090. The van der Waals surface area contributed by atoms with E-state index in [4.69, 9.17) is 4.98 Å². The van der Waals surface area contributed by atoms with Crippen LogP contribution in [0.1, 0.15) is 31.4 Å². The highest BCUT2D eigenvalue weighted by molar-refractivity contribution is 5.76. The third kappa shape index (κ3) is 3.67. The van der Waals surface area contributed by atoms with E-state index in [0.29, 0.717) is 24.6 Å². The van der Waals surface area contributed by atoms with Gasteiger partial charge in [-0.15, -0.1) is 0 Å². The molecule has 0 spiro atoms. The zero-order valence-electron chi connectivity index (χ0n) is 16.7. The molecule has 0 fully saturated rings. The summed E-state index contributed by atoms with van der Waals surface area (Å²) >= 11 is 0. The molecule has 0 radical (unpaired) electrons. The molecule has 1 amide bonds. The largest absolute Gasteiger partial charge is 0.329 e. The van der Waals surface area contributed by atoms with Gasteiger partial charge in [0.15, 0.2) is 11.6 Å². The molecule has 0 aromatic carbocycles. The average Bonchev–Trinajstić information content (AvgIpc) is 3.14. The number of carbonyl (C=O) groups is 1. The third-order valence-corrected chi connectivity index (χ3v) is 5.01. The highest BCUT2D eigenvalue weighted by Crippen LogP contribution is 2.32. The predicted octanol–water partition coefficient (Wildman–Crippen LogP) is 1.44. The van der Waals surface area contributed by atoms with Gasteiger partial charge in [0.1, 0.15) is 6.54 Å². The first kappa shape index (κ1) is 19.0. The van der Waals surface area contributed by atoms with Crippen molar-refractivity contribution in [3.8, 4) is 11.4 Å². The normalized spacial score (nSPS) is 16.1. The average molecular weight is 393 g/mol. The van der Waals surface area contributed by atoms with E-state index in [0.717, 1.165) is 11.4 Å². The van der Waals surface area contributed by atoms with Crippen LogP contribution in [0.15, 0.2) is 41.5 Å². The van der Waals surface area contributed by atoms with Crippen molar-refractivity contribution in [3.63, 3.8) is 0 Å². The van der Waals surface area contributed by atoms with Gasteiger partial charge >= 0.3 is 0 Å². The van der Waals surface area contributed by atoms with Crippen LogP contribution in [0.4, 0.5) is 0 Å². The lowest BCUT2D eigenvalue weighted by Crippen LogP contribution is -2.46. The molecular weight excluding hydrogens is 370 g/mol. The highest BCUT2D eigenvalue weighted by atomic mass is 16.2. The van der Waals surface area contributed by atoms with Crippen molar-refractivity contribution in [1.82, 2.24) is 34.4 Å². The lowest BCUT2D eigenvalue weighted by molar-refractivity contribution is -0.137. The molecule has 4 heterocycles. The third-order valence-electron chi connectivity index (χ3n) is 5.01. The molecule has 4 rings (SSSR count). The van der Waals surface area contributed by atoms with Crippen LogP contribution >= 0.6 is 0 Å². The van der Waals surface area contributed by atoms with E-state index in [-0.39, 0.29) is 30.0 Å². The van der Waals surface area contributed by atoms with E-state index in [1.165, 1.54) is 10.7 Å². The summed E-state index contributed by atoms with van der Waals surface area (Å²) in [6, 6.07) is 6.61. The zero-order valence-corrected chi connectivity index (χ0v) is 16.7. The second-order valence-corrected chi connectivity index (χ2v) is 7.51. The minimum atomic E-state index is -0.288. The Balaban J connectivity index is 1.64. The molecule has 1 atom stereocenters. The lowest BCUT2D eigenvalue weighted by Gasteiger charge is -2.37. The van der Waals surface area contributed by atoms with E-state index < -0.39 is 0 Å². The van der Waals surface area contributed by atoms with Crippen LogP contribution in [-0.4, -0.2) is 46.9 Å². The molecule has 0 N–H and O–H groups in total. The van der Waals surface area contributed by atoms with Crippen LogP contribution in [0, 0.1) is 12.8 Å². The number of rotatable bonds is 4. The Hall–Kier alpha value is -3.36. The van der Waals surface area contributed by atoms with Crippen molar-refractivity contribution in [2.24, 2.45) is 5.92 Å². The summed E-state index contributed by atoms with van der Waals surface area (Å²) < 4.78 is 3.09. The SMILES string of the molecule is Cc1ccc(=O)n(CC(=O)N2CCn3nc(-c4cccnc4)nc3[C@H]2C(C)C)n1. The van der Waals surface area contributed by atoms with Crippen LogP contribution in [0.5, 0.6) is 0 Å². The summed E-state index contributed by atoms with van der Waals surface area (Å²) in [4.78, 5) is 35.8. The maximum Gasteiger partial charge on any atom is 0.267 e. The summed E-state index contributed by atoms with van der Waals surface area (Å²) in [5, 5.41) is 8.80. The Morgan fingerprint density at radius 2 is 2.03 bits per heavy atom. The first-order valence-electron chi connectivity index (χ1n) is 9.63. The Morgan fingerprint density at radius 3 is 2.76 bits per heavy atom.